The predicted octanol–water partition coefficient (Wildman–Crippen LogP) is 3.26. The molecule has 2 heterocycles. The zero-order valence-electron chi connectivity index (χ0n) is 11.5. The minimum absolute atomic E-state index is 0.0983. The first-order chi connectivity index (χ1) is 9.72. The van der Waals surface area contributed by atoms with Crippen molar-refractivity contribution in [3.8, 4) is 11.5 Å². The molecule has 1 aliphatic rings. The van der Waals surface area contributed by atoms with E-state index >= 15 is 0 Å². The van der Waals surface area contributed by atoms with E-state index in [1.807, 2.05) is 24.3 Å². The van der Waals surface area contributed by atoms with Crippen molar-refractivity contribution >= 4 is 16.5 Å². The van der Waals surface area contributed by atoms with Crippen LogP contribution < -0.4 is 14.8 Å². The van der Waals surface area contributed by atoms with Gasteiger partial charge >= 0.3 is 0 Å². The summed E-state index contributed by atoms with van der Waals surface area (Å²) in [5.74, 6) is 1.56. The SMILES string of the molecule is CC(C)Nc1nnc(C2CCOc3ccccc3O2)s1. The Labute approximate surface area is 121 Å². The molecule has 0 bridgehead atoms. The van der Waals surface area contributed by atoms with Crippen LogP contribution in [0.4, 0.5) is 5.13 Å². The van der Waals surface area contributed by atoms with Crippen LogP contribution in [0.25, 0.3) is 0 Å². The van der Waals surface area contributed by atoms with Gasteiger partial charge in [-0.3, -0.25) is 0 Å². The highest BCUT2D eigenvalue weighted by atomic mass is 32.1. The number of nitrogens with zero attached hydrogens (tertiary/aromatic N) is 2. The lowest BCUT2D eigenvalue weighted by molar-refractivity contribution is 0.193. The lowest BCUT2D eigenvalue weighted by atomic mass is 10.3. The van der Waals surface area contributed by atoms with Crippen molar-refractivity contribution in [2.75, 3.05) is 11.9 Å². The number of anilines is 1. The van der Waals surface area contributed by atoms with Crippen molar-refractivity contribution < 1.29 is 9.47 Å². The van der Waals surface area contributed by atoms with E-state index in [4.69, 9.17) is 9.47 Å². The number of hydrogen-bond donors (Lipinski definition) is 1. The molecule has 20 heavy (non-hydrogen) atoms. The van der Waals surface area contributed by atoms with Crippen LogP contribution in [0.15, 0.2) is 24.3 Å². The molecule has 0 amide bonds. The number of benzene rings is 1. The van der Waals surface area contributed by atoms with E-state index in [1.165, 1.54) is 11.3 Å². The summed E-state index contributed by atoms with van der Waals surface area (Å²) in [6.45, 7) is 4.77. The van der Waals surface area contributed by atoms with Crippen molar-refractivity contribution in [1.29, 1.82) is 0 Å². The topological polar surface area (TPSA) is 56.3 Å². The van der Waals surface area contributed by atoms with Crippen LogP contribution in [0.1, 0.15) is 31.4 Å². The second-order valence-corrected chi connectivity index (χ2v) is 5.94. The molecule has 106 valence electrons. The van der Waals surface area contributed by atoms with Gasteiger partial charge in [-0.2, -0.15) is 0 Å². The van der Waals surface area contributed by atoms with Gasteiger partial charge in [-0.25, -0.2) is 0 Å². The fraction of sp³-hybridized carbons (Fsp3) is 0.429. The maximum atomic E-state index is 6.02. The number of hydrogen-bond acceptors (Lipinski definition) is 6. The number of para-hydroxylation sites is 2. The van der Waals surface area contributed by atoms with E-state index in [2.05, 4.69) is 29.4 Å². The zero-order chi connectivity index (χ0) is 13.9. The number of rotatable bonds is 3. The molecule has 1 atom stereocenters. The van der Waals surface area contributed by atoms with E-state index < -0.39 is 0 Å². The summed E-state index contributed by atoms with van der Waals surface area (Å²) in [5, 5.41) is 13.4. The quantitative estimate of drug-likeness (QED) is 0.940. The van der Waals surface area contributed by atoms with E-state index in [0.29, 0.717) is 12.6 Å². The van der Waals surface area contributed by atoms with Gasteiger partial charge in [0.15, 0.2) is 22.6 Å². The zero-order valence-corrected chi connectivity index (χ0v) is 12.3. The van der Waals surface area contributed by atoms with Gasteiger partial charge in [-0.05, 0) is 26.0 Å². The summed E-state index contributed by atoms with van der Waals surface area (Å²) in [7, 11) is 0. The largest absolute Gasteiger partial charge is 0.490 e. The molecule has 6 heteroatoms. The fourth-order valence-electron chi connectivity index (χ4n) is 2.00. The lowest BCUT2D eigenvalue weighted by Crippen LogP contribution is -2.09. The molecule has 2 aromatic rings. The maximum Gasteiger partial charge on any atom is 0.206 e. The standard InChI is InChI=1S/C14H17N3O2S/c1-9(2)15-14-17-16-13(20-14)12-7-8-18-10-5-3-4-6-11(10)19-12/h3-6,9,12H,7-8H2,1-2H3,(H,15,17). The molecule has 0 saturated heterocycles. The summed E-state index contributed by atoms with van der Waals surface area (Å²) in [6.07, 6.45) is 0.671. The summed E-state index contributed by atoms with van der Waals surface area (Å²) in [5.41, 5.74) is 0. The molecule has 5 nitrogen and oxygen atoms in total. The third kappa shape index (κ3) is 2.85. The Morgan fingerprint density at radius 2 is 2.05 bits per heavy atom. The number of aromatic nitrogens is 2. The van der Waals surface area contributed by atoms with Gasteiger partial charge in [0.1, 0.15) is 0 Å². The van der Waals surface area contributed by atoms with Gasteiger partial charge in [0, 0.05) is 12.5 Å². The second-order valence-electron chi connectivity index (χ2n) is 4.93. The fourth-order valence-corrected chi connectivity index (χ4v) is 2.95. The average molecular weight is 291 g/mol. The van der Waals surface area contributed by atoms with E-state index in [-0.39, 0.29) is 6.10 Å². The van der Waals surface area contributed by atoms with Crippen LogP contribution in [0, 0.1) is 0 Å². The minimum atomic E-state index is -0.0983. The molecule has 0 radical (unpaired) electrons. The van der Waals surface area contributed by atoms with Gasteiger partial charge in [0.25, 0.3) is 0 Å². The first kappa shape index (κ1) is 13.2. The molecule has 0 fully saturated rings. The number of nitrogens with one attached hydrogen (secondary N) is 1. The van der Waals surface area contributed by atoms with Crippen molar-refractivity contribution in [2.24, 2.45) is 0 Å². The Morgan fingerprint density at radius 1 is 1.25 bits per heavy atom. The normalized spacial score (nSPS) is 17.9. The smallest absolute Gasteiger partial charge is 0.206 e. The molecule has 0 spiro atoms. The maximum absolute atomic E-state index is 6.02. The molecular formula is C14H17N3O2S. The third-order valence-corrected chi connectivity index (χ3v) is 3.83. The molecule has 0 saturated carbocycles. The van der Waals surface area contributed by atoms with Gasteiger partial charge in [0.05, 0.1) is 6.61 Å². The Hall–Kier alpha value is -1.82. The summed E-state index contributed by atoms with van der Waals surface area (Å²) in [4.78, 5) is 0. The van der Waals surface area contributed by atoms with E-state index in [1.54, 1.807) is 0 Å². The van der Waals surface area contributed by atoms with Gasteiger partial charge in [0.2, 0.25) is 5.13 Å². The van der Waals surface area contributed by atoms with Gasteiger partial charge < -0.3 is 14.8 Å². The molecule has 0 aliphatic carbocycles. The first-order valence-electron chi connectivity index (χ1n) is 6.71. The van der Waals surface area contributed by atoms with Crippen LogP contribution in [0.3, 0.4) is 0 Å². The van der Waals surface area contributed by atoms with Crippen molar-refractivity contribution in [3.05, 3.63) is 29.3 Å². The van der Waals surface area contributed by atoms with Crippen LogP contribution in [0.2, 0.25) is 0 Å². The third-order valence-electron chi connectivity index (χ3n) is 2.88. The van der Waals surface area contributed by atoms with Crippen molar-refractivity contribution in [1.82, 2.24) is 10.2 Å². The number of ether oxygens (including phenoxy) is 2. The summed E-state index contributed by atoms with van der Waals surface area (Å²) >= 11 is 1.54. The van der Waals surface area contributed by atoms with Crippen LogP contribution in [0.5, 0.6) is 11.5 Å². The highest BCUT2D eigenvalue weighted by molar-refractivity contribution is 7.15. The Bertz CT molecular complexity index is 585. The molecule has 1 aromatic heterocycles. The average Bonchev–Trinajstić information content (AvgIpc) is 2.76. The van der Waals surface area contributed by atoms with Crippen molar-refractivity contribution in [2.45, 2.75) is 32.4 Å². The first-order valence-corrected chi connectivity index (χ1v) is 7.52. The lowest BCUT2D eigenvalue weighted by Gasteiger charge is -2.12. The highest BCUT2D eigenvalue weighted by Gasteiger charge is 2.23. The minimum Gasteiger partial charge on any atom is -0.490 e. The van der Waals surface area contributed by atoms with E-state index in [0.717, 1.165) is 28.1 Å². The van der Waals surface area contributed by atoms with E-state index in [9.17, 15) is 0 Å². The molecular weight excluding hydrogens is 274 g/mol. The summed E-state index contributed by atoms with van der Waals surface area (Å²) < 4.78 is 11.7. The molecule has 1 unspecified atom stereocenters. The van der Waals surface area contributed by atoms with Gasteiger partial charge in [-0.1, -0.05) is 23.5 Å². The van der Waals surface area contributed by atoms with Crippen LogP contribution >= 0.6 is 11.3 Å². The molecule has 1 N–H and O–H groups in total. The van der Waals surface area contributed by atoms with Crippen LogP contribution in [-0.2, 0) is 0 Å². The summed E-state index contributed by atoms with van der Waals surface area (Å²) in [6, 6.07) is 8.06. The Morgan fingerprint density at radius 3 is 2.85 bits per heavy atom. The molecule has 3 rings (SSSR count). The monoisotopic (exact) mass is 291 g/mol. The predicted molar refractivity (Wildman–Crippen MR) is 78.6 cm³/mol. The Kier molecular flexibility index (Phi) is 3.73. The van der Waals surface area contributed by atoms with Gasteiger partial charge in [-0.15, -0.1) is 10.2 Å². The second kappa shape index (κ2) is 5.66. The van der Waals surface area contributed by atoms with Crippen molar-refractivity contribution in [3.63, 3.8) is 0 Å². The Balaban J connectivity index is 1.79. The number of fused-ring (bicyclic) bond motifs is 1. The molecule has 1 aliphatic heterocycles. The highest BCUT2D eigenvalue weighted by Crippen LogP contribution is 2.36. The van der Waals surface area contributed by atoms with Crippen LogP contribution in [-0.4, -0.2) is 22.8 Å². The molecule has 1 aromatic carbocycles.